The molecule has 2 aromatic rings. The minimum atomic E-state index is -4.43. The number of amides is 1. The predicted octanol–water partition coefficient (Wildman–Crippen LogP) is 2.33. The van der Waals surface area contributed by atoms with Gasteiger partial charge in [0.15, 0.2) is 0 Å². The summed E-state index contributed by atoms with van der Waals surface area (Å²) in [5.74, 6) is -0.265. The van der Waals surface area contributed by atoms with Crippen LogP contribution in [0.3, 0.4) is 0 Å². The van der Waals surface area contributed by atoms with Crippen LogP contribution in [0.5, 0.6) is 0 Å². The number of furan rings is 1. The molecule has 0 fully saturated rings. The van der Waals surface area contributed by atoms with Crippen molar-refractivity contribution in [2.45, 2.75) is 19.1 Å². The Bertz CT molecular complexity index is 738. The van der Waals surface area contributed by atoms with Gasteiger partial charge in [0.05, 0.1) is 18.6 Å². The van der Waals surface area contributed by atoms with Crippen LogP contribution in [0.1, 0.15) is 17.3 Å². The Labute approximate surface area is 134 Å². The summed E-state index contributed by atoms with van der Waals surface area (Å²) >= 11 is 0. The lowest BCUT2D eigenvalue weighted by Gasteiger charge is -2.15. The van der Waals surface area contributed by atoms with Gasteiger partial charge in [0.1, 0.15) is 17.9 Å². The molecule has 0 radical (unpaired) electrons. The first-order chi connectivity index (χ1) is 11.3. The smallest absolute Gasteiger partial charge is 0.411 e. The molecule has 2 heterocycles. The van der Waals surface area contributed by atoms with Gasteiger partial charge in [0.25, 0.3) is 11.5 Å². The lowest BCUT2D eigenvalue weighted by molar-refractivity contribution is -0.174. The number of nitrogens with one attached hydrogen (secondary N) is 2. The molecule has 0 spiro atoms. The molecular formula is C15H15F3N2O4. The monoisotopic (exact) mass is 344 g/mol. The first kappa shape index (κ1) is 17.8. The Hall–Kier alpha value is -2.55. The number of hydrogen-bond acceptors (Lipinski definition) is 4. The van der Waals surface area contributed by atoms with Crippen molar-refractivity contribution in [1.29, 1.82) is 0 Å². The highest BCUT2D eigenvalue weighted by Gasteiger charge is 2.27. The van der Waals surface area contributed by atoms with Gasteiger partial charge in [-0.2, -0.15) is 13.2 Å². The number of halogens is 3. The van der Waals surface area contributed by atoms with E-state index in [0.717, 1.165) is 0 Å². The fourth-order valence-corrected chi connectivity index (χ4v) is 1.92. The number of pyridine rings is 1. The van der Waals surface area contributed by atoms with Gasteiger partial charge < -0.3 is 19.5 Å². The van der Waals surface area contributed by atoms with Crippen molar-refractivity contribution < 1.29 is 27.1 Å². The maximum atomic E-state index is 12.0. The third-order valence-electron chi connectivity index (χ3n) is 2.95. The largest absolute Gasteiger partial charge is 0.463 e. The average molecular weight is 344 g/mol. The summed E-state index contributed by atoms with van der Waals surface area (Å²) in [7, 11) is 0. The molecule has 130 valence electrons. The third kappa shape index (κ3) is 4.98. The van der Waals surface area contributed by atoms with Crippen molar-refractivity contribution in [2.75, 3.05) is 13.2 Å². The van der Waals surface area contributed by atoms with Crippen molar-refractivity contribution in [3.63, 3.8) is 0 Å². The number of carbonyl (C=O) groups is 1. The number of H-pyrrole nitrogens is 1. The first-order valence-electron chi connectivity index (χ1n) is 6.99. The van der Waals surface area contributed by atoms with E-state index >= 15 is 0 Å². The van der Waals surface area contributed by atoms with Crippen LogP contribution in [0.25, 0.3) is 11.5 Å². The zero-order valence-corrected chi connectivity index (χ0v) is 12.6. The Morgan fingerprint density at radius 1 is 1.38 bits per heavy atom. The van der Waals surface area contributed by atoms with E-state index in [1.165, 1.54) is 25.3 Å². The van der Waals surface area contributed by atoms with Crippen molar-refractivity contribution >= 4 is 5.91 Å². The van der Waals surface area contributed by atoms with Gasteiger partial charge in [-0.15, -0.1) is 0 Å². The molecule has 0 bridgehead atoms. The normalized spacial score (nSPS) is 12.8. The van der Waals surface area contributed by atoms with E-state index in [2.05, 4.69) is 15.0 Å². The molecule has 9 heteroatoms. The topological polar surface area (TPSA) is 84.3 Å². The second kappa shape index (κ2) is 7.35. The van der Waals surface area contributed by atoms with Crippen LogP contribution < -0.4 is 10.9 Å². The number of carbonyl (C=O) groups excluding carboxylic acids is 1. The Morgan fingerprint density at radius 2 is 2.12 bits per heavy atom. The standard InChI is InChI=1S/C15H15F3N2O4/c1-9(7-23-8-15(16,17)18)19-13(21)10-4-5-11(20-14(10)22)12-3-2-6-24-12/h2-6,9H,7-8H2,1H3,(H,19,21)(H,20,22)/t9-/m1/s1. The predicted molar refractivity (Wildman–Crippen MR) is 78.6 cm³/mol. The molecule has 2 rings (SSSR count). The SMILES string of the molecule is C[C@H](COCC(F)(F)F)NC(=O)c1ccc(-c2ccco2)[nH]c1=O. The highest BCUT2D eigenvalue weighted by Crippen LogP contribution is 2.16. The molecule has 0 unspecified atom stereocenters. The first-order valence-corrected chi connectivity index (χ1v) is 6.99. The molecule has 0 aromatic carbocycles. The summed E-state index contributed by atoms with van der Waals surface area (Å²) in [6.07, 6.45) is -2.99. The average Bonchev–Trinajstić information content (AvgIpc) is 2.99. The van der Waals surface area contributed by atoms with Crippen LogP contribution in [-0.4, -0.2) is 36.3 Å². The summed E-state index contributed by atoms with van der Waals surface area (Å²) in [4.78, 5) is 26.5. The summed E-state index contributed by atoms with van der Waals surface area (Å²) in [5, 5.41) is 2.40. The van der Waals surface area contributed by atoms with E-state index in [1.807, 2.05) is 0 Å². The lowest BCUT2D eigenvalue weighted by Crippen LogP contribution is -2.39. The van der Waals surface area contributed by atoms with Gasteiger partial charge in [-0.3, -0.25) is 9.59 Å². The third-order valence-corrected chi connectivity index (χ3v) is 2.95. The number of aromatic amines is 1. The molecule has 1 atom stereocenters. The van der Waals surface area contributed by atoms with Gasteiger partial charge in [-0.05, 0) is 31.2 Å². The van der Waals surface area contributed by atoms with Crippen molar-refractivity contribution in [3.05, 3.63) is 46.4 Å². The van der Waals surface area contributed by atoms with Gasteiger partial charge in [-0.1, -0.05) is 0 Å². The Morgan fingerprint density at radius 3 is 2.71 bits per heavy atom. The van der Waals surface area contributed by atoms with E-state index in [0.29, 0.717) is 11.5 Å². The Kier molecular flexibility index (Phi) is 5.45. The quantitative estimate of drug-likeness (QED) is 0.842. The molecule has 2 N–H and O–H groups in total. The van der Waals surface area contributed by atoms with Crippen LogP contribution in [0, 0.1) is 0 Å². The molecule has 6 nitrogen and oxygen atoms in total. The van der Waals surface area contributed by atoms with Gasteiger partial charge in [0.2, 0.25) is 0 Å². The maximum absolute atomic E-state index is 12.0. The van der Waals surface area contributed by atoms with Crippen LogP contribution in [-0.2, 0) is 4.74 Å². The van der Waals surface area contributed by atoms with E-state index in [4.69, 9.17) is 4.42 Å². The highest BCUT2D eigenvalue weighted by molar-refractivity contribution is 5.94. The Balaban J connectivity index is 1.96. The summed E-state index contributed by atoms with van der Waals surface area (Å²) in [6, 6.07) is 5.42. The maximum Gasteiger partial charge on any atom is 0.411 e. The van der Waals surface area contributed by atoms with E-state index in [1.54, 1.807) is 12.1 Å². The highest BCUT2D eigenvalue weighted by atomic mass is 19.4. The number of rotatable bonds is 6. The second-order valence-electron chi connectivity index (χ2n) is 5.10. The summed E-state index contributed by atoms with van der Waals surface area (Å²) in [6.45, 7) is -0.251. The van der Waals surface area contributed by atoms with Crippen molar-refractivity contribution in [1.82, 2.24) is 10.3 Å². The van der Waals surface area contributed by atoms with Crippen molar-refractivity contribution in [3.8, 4) is 11.5 Å². The molecule has 24 heavy (non-hydrogen) atoms. The second-order valence-corrected chi connectivity index (χ2v) is 5.10. The number of ether oxygens (including phenoxy) is 1. The van der Waals surface area contributed by atoms with Crippen LogP contribution in [0.15, 0.2) is 39.7 Å². The summed E-state index contributed by atoms with van der Waals surface area (Å²) < 4.78 is 45.5. The number of alkyl halides is 3. The van der Waals surface area contributed by atoms with Gasteiger partial charge >= 0.3 is 6.18 Å². The molecule has 0 saturated carbocycles. The van der Waals surface area contributed by atoms with Crippen molar-refractivity contribution in [2.24, 2.45) is 0 Å². The van der Waals surface area contributed by atoms with Gasteiger partial charge in [0, 0.05) is 6.04 Å². The minimum absolute atomic E-state index is 0.159. The molecular weight excluding hydrogens is 329 g/mol. The van der Waals surface area contributed by atoms with E-state index < -0.39 is 30.3 Å². The minimum Gasteiger partial charge on any atom is -0.463 e. The zero-order chi connectivity index (χ0) is 17.7. The molecule has 0 aliphatic heterocycles. The van der Waals surface area contributed by atoms with Crippen LogP contribution in [0.4, 0.5) is 13.2 Å². The van der Waals surface area contributed by atoms with E-state index in [9.17, 15) is 22.8 Å². The molecule has 0 aliphatic rings. The van der Waals surface area contributed by atoms with Gasteiger partial charge in [-0.25, -0.2) is 0 Å². The summed E-state index contributed by atoms with van der Waals surface area (Å²) in [5.41, 5.74) is -0.388. The van der Waals surface area contributed by atoms with Crippen LogP contribution in [0.2, 0.25) is 0 Å². The fraction of sp³-hybridized carbons (Fsp3) is 0.333. The molecule has 0 saturated heterocycles. The van der Waals surface area contributed by atoms with Crippen LogP contribution >= 0.6 is 0 Å². The lowest BCUT2D eigenvalue weighted by atomic mass is 10.2. The molecule has 1 amide bonds. The molecule has 0 aliphatic carbocycles. The molecule has 2 aromatic heterocycles. The zero-order valence-electron chi connectivity index (χ0n) is 12.6. The number of aromatic nitrogens is 1. The van der Waals surface area contributed by atoms with E-state index in [-0.39, 0.29) is 12.2 Å². The fourth-order valence-electron chi connectivity index (χ4n) is 1.92. The number of hydrogen-bond donors (Lipinski definition) is 2.